The van der Waals surface area contributed by atoms with Gasteiger partial charge >= 0.3 is 0 Å². The second-order valence-corrected chi connectivity index (χ2v) is 6.20. The molecule has 0 radical (unpaired) electrons. The lowest BCUT2D eigenvalue weighted by molar-refractivity contribution is 0.270. The first kappa shape index (κ1) is 12.6. The summed E-state index contributed by atoms with van der Waals surface area (Å²) < 4.78 is 13.0. The maximum absolute atomic E-state index is 13.0. The molecule has 0 aliphatic heterocycles. The van der Waals surface area contributed by atoms with Gasteiger partial charge in [-0.05, 0) is 48.4 Å². The summed E-state index contributed by atoms with van der Waals surface area (Å²) >= 11 is 0. The standard InChI is InChI=1S/C15H22FN/c1-15(2,3)14(17-10-11-4-5-11)12-6-8-13(16)9-7-12/h6-9,11,14,17H,4-5,10H2,1-3H3. The van der Waals surface area contributed by atoms with Crippen molar-refractivity contribution in [3.63, 3.8) is 0 Å². The van der Waals surface area contributed by atoms with Crippen molar-refractivity contribution in [1.82, 2.24) is 5.32 Å². The van der Waals surface area contributed by atoms with Gasteiger partial charge in [0.05, 0.1) is 0 Å². The highest BCUT2D eigenvalue weighted by Gasteiger charge is 2.28. The van der Waals surface area contributed by atoms with Gasteiger partial charge in [0.15, 0.2) is 0 Å². The summed E-state index contributed by atoms with van der Waals surface area (Å²) in [7, 11) is 0. The largest absolute Gasteiger partial charge is 0.309 e. The Balaban J connectivity index is 2.10. The number of hydrogen-bond acceptors (Lipinski definition) is 1. The topological polar surface area (TPSA) is 12.0 Å². The summed E-state index contributed by atoms with van der Waals surface area (Å²) in [6, 6.07) is 7.18. The van der Waals surface area contributed by atoms with E-state index in [1.54, 1.807) is 12.1 Å². The number of halogens is 1. The van der Waals surface area contributed by atoms with Gasteiger partial charge in [0, 0.05) is 6.04 Å². The Morgan fingerprint density at radius 1 is 1.24 bits per heavy atom. The lowest BCUT2D eigenvalue weighted by Gasteiger charge is -2.32. The van der Waals surface area contributed by atoms with Crippen molar-refractivity contribution in [2.24, 2.45) is 11.3 Å². The zero-order valence-electron chi connectivity index (χ0n) is 11.0. The summed E-state index contributed by atoms with van der Waals surface area (Å²) in [6.07, 6.45) is 2.71. The molecule has 17 heavy (non-hydrogen) atoms. The minimum Gasteiger partial charge on any atom is -0.309 e. The first-order valence-corrected chi connectivity index (χ1v) is 6.45. The van der Waals surface area contributed by atoms with Crippen LogP contribution in [0.4, 0.5) is 4.39 Å². The van der Waals surface area contributed by atoms with E-state index in [4.69, 9.17) is 0 Å². The van der Waals surface area contributed by atoms with Crippen LogP contribution in [0, 0.1) is 17.2 Å². The highest BCUT2D eigenvalue weighted by Crippen LogP contribution is 2.35. The molecule has 0 amide bonds. The van der Waals surface area contributed by atoms with E-state index in [9.17, 15) is 4.39 Å². The van der Waals surface area contributed by atoms with Gasteiger partial charge in [0.2, 0.25) is 0 Å². The Morgan fingerprint density at radius 3 is 2.29 bits per heavy atom. The average Bonchev–Trinajstić information content (AvgIpc) is 3.03. The maximum atomic E-state index is 13.0. The van der Waals surface area contributed by atoms with Crippen molar-refractivity contribution in [3.8, 4) is 0 Å². The molecule has 2 heteroatoms. The van der Waals surface area contributed by atoms with E-state index in [1.807, 2.05) is 12.1 Å². The van der Waals surface area contributed by atoms with Gasteiger partial charge in [-0.1, -0.05) is 32.9 Å². The molecule has 94 valence electrons. The quantitative estimate of drug-likeness (QED) is 0.834. The van der Waals surface area contributed by atoms with E-state index in [2.05, 4.69) is 26.1 Å². The molecule has 1 aromatic carbocycles. The molecular formula is C15H22FN. The summed E-state index contributed by atoms with van der Waals surface area (Å²) in [5, 5.41) is 3.63. The molecule has 0 spiro atoms. The zero-order valence-corrected chi connectivity index (χ0v) is 11.0. The minimum absolute atomic E-state index is 0.146. The molecule has 1 atom stereocenters. The van der Waals surface area contributed by atoms with E-state index in [0.717, 1.165) is 12.5 Å². The van der Waals surface area contributed by atoms with E-state index >= 15 is 0 Å². The molecule has 0 aromatic heterocycles. The van der Waals surface area contributed by atoms with Gasteiger partial charge in [0.1, 0.15) is 5.82 Å². The first-order chi connectivity index (χ1) is 7.97. The predicted octanol–water partition coefficient (Wildman–Crippen LogP) is 3.91. The number of hydrogen-bond donors (Lipinski definition) is 1. The SMILES string of the molecule is CC(C)(C)C(NCC1CC1)c1ccc(F)cc1. The van der Waals surface area contributed by atoms with Crippen LogP contribution in [0.5, 0.6) is 0 Å². The third-order valence-electron chi connectivity index (χ3n) is 3.38. The lowest BCUT2D eigenvalue weighted by atomic mass is 9.82. The van der Waals surface area contributed by atoms with Crippen molar-refractivity contribution in [1.29, 1.82) is 0 Å². The maximum Gasteiger partial charge on any atom is 0.123 e. The van der Waals surface area contributed by atoms with Gasteiger partial charge in [0.25, 0.3) is 0 Å². The van der Waals surface area contributed by atoms with E-state index in [-0.39, 0.29) is 11.2 Å². The van der Waals surface area contributed by atoms with Crippen LogP contribution in [0.3, 0.4) is 0 Å². The Morgan fingerprint density at radius 2 is 1.82 bits per heavy atom. The zero-order chi connectivity index (χ0) is 12.5. The van der Waals surface area contributed by atoms with E-state index in [0.29, 0.717) is 6.04 Å². The van der Waals surface area contributed by atoms with Crippen LogP contribution in [-0.2, 0) is 0 Å². The molecule has 0 bridgehead atoms. The van der Waals surface area contributed by atoms with Crippen LogP contribution in [0.2, 0.25) is 0 Å². The minimum atomic E-state index is -0.163. The number of rotatable bonds is 4. The van der Waals surface area contributed by atoms with Gasteiger partial charge in [-0.15, -0.1) is 0 Å². The second kappa shape index (κ2) is 4.77. The molecule has 1 saturated carbocycles. The third kappa shape index (κ3) is 3.53. The van der Waals surface area contributed by atoms with Crippen LogP contribution in [-0.4, -0.2) is 6.54 Å². The second-order valence-electron chi connectivity index (χ2n) is 6.20. The normalized spacial score (nSPS) is 18.1. The first-order valence-electron chi connectivity index (χ1n) is 6.45. The fourth-order valence-electron chi connectivity index (χ4n) is 2.19. The average molecular weight is 235 g/mol. The molecule has 0 heterocycles. The smallest absolute Gasteiger partial charge is 0.123 e. The van der Waals surface area contributed by atoms with Crippen molar-refractivity contribution in [2.45, 2.75) is 39.7 Å². The molecule has 1 N–H and O–H groups in total. The van der Waals surface area contributed by atoms with Crippen molar-refractivity contribution >= 4 is 0 Å². The Hall–Kier alpha value is -0.890. The monoisotopic (exact) mass is 235 g/mol. The predicted molar refractivity (Wildman–Crippen MR) is 69.3 cm³/mol. The van der Waals surface area contributed by atoms with E-state index in [1.165, 1.54) is 18.4 Å². The lowest BCUT2D eigenvalue weighted by Crippen LogP contribution is -2.33. The Bertz CT molecular complexity index is 360. The molecule has 1 aliphatic rings. The molecule has 1 fully saturated rings. The number of benzene rings is 1. The molecular weight excluding hydrogens is 213 g/mol. The molecule has 1 nitrogen and oxygen atoms in total. The fourth-order valence-corrected chi connectivity index (χ4v) is 2.19. The van der Waals surface area contributed by atoms with Crippen molar-refractivity contribution in [2.75, 3.05) is 6.54 Å². The van der Waals surface area contributed by atoms with Gasteiger partial charge < -0.3 is 5.32 Å². The van der Waals surface area contributed by atoms with Gasteiger partial charge in [-0.25, -0.2) is 4.39 Å². The van der Waals surface area contributed by atoms with Crippen LogP contribution in [0.1, 0.15) is 45.2 Å². The molecule has 0 saturated heterocycles. The highest BCUT2D eigenvalue weighted by molar-refractivity contribution is 5.21. The number of nitrogens with one attached hydrogen (secondary N) is 1. The summed E-state index contributed by atoms with van der Waals surface area (Å²) in [6.45, 7) is 7.75. The van der Waals surface area contributed by atoms with Crippen LogP contribution in [0.15, 0.2) is 24.3 Å². The van der Waals surface area contributed by atoms with Crippen molar-refractivity contribution < 1.29 is 4.39 Å². The fraction of sp³-hybridized carbons (Fsp3) is 0.600. The van der Waals surface area contributed by atoms with Crippen molar-refractivity contribution in [3.05, 3.63) is 35.6 Å². The summed E-state index contributed by atoms with van der Waals surface area (Å²) in [5.74, 6) is 0.698. The Kier molecular flexibility index (Phi) is 3.53. The molecule has 1 aliphatic carbocycles. The third-order valence-corrected chi connectivity index (χ3v) is 3.38. The van der Waals surface area contributed by atoms with Crippen LogP contribution in [0.25, 0.3) is 0 Å². The summed E-state index contributed by atoms with van der Waals surface area (Å²) in [5.41, 5.74) is 1.33. The molecule has 1 unspecified atom stereocenters. The summed E-state index contributed by atoms with van der Waals surface area (Å²) in [4.78, 5) is 0. The van der Waals surface area contributed by atoms with Crippen LogP contribution < -0.4 is 5.32 Å². The molecule has 2 rings (SSSR count). The Labute approximate surface area is 103 Å². The van der Waals surface area contributed by atoms with Crippen LogP contribution >= 0.6 is 0 Å². The van der Waals surface area contributed by atoms with E-state index < -0.39 is 0 Å². The molecule has 1 aromatic rings. The highest BCUT2D eigenvalue weighted by atomic mass is 19.1. The van der Waals surface area contributed by atoms with Gasteiger partial charge in [-0.3, -0.25) is 0 Å². The van der Waals surface area contributed by atoms with Gasteiger partial charge in [-0.2, -0.15) is 0 Å².